The van der Waals surface area contributed by atoms with Crippen LogP contribution < -0.4 is 0 Å². The highest BCUT2D eigenvalue weighted by atomic mass is 32.2. The lowest BCUT2D eigenvalue weighted by Gasteiger charge is -2.17. The normalized spacial score (nSPS) is 10.4. The minimum Gasteiger partial charge on any atom is -0.379 e. The van der Waals surface area contributed by atoms with Crippen LogP contribution in [0.1, 0.15) is 13.3 Å². The number of hydrogen-bond donors (Lipinski definition) is 0. The zero-order valence-corrected chi connectivity index (χ0v) is 12.3. The van der Waals surface area contributed by atoms with Crippen molar-refractivity contribution >= 4 is 23.5 Å². The number of ether oxygens (including phenoxy) is 2. The molecule has 0 saturated carbocycles. The topological polar surface area (TPSA) is 55.8 Å². The lowest BCUT2D eigenvalue weighted by atomic mass is 10.3. The third-order valence-corrected chi connectivity index (χ3v) is 2.83. The van der Waals surface area contributed by atoms with Gasteiger partial charge in [-0.2, -0.15) is 11.8 Å². The van der Waals surface area contributed by atoms with Gasteiger partial charge in [-0.05, 0) is 13.2 Å². The third kappa shape index (κ3) is 10.6. The molecule has 18 heavy (non-hydrogen) atoms. The maximum atomic E-state index is 11.6. The van der Waals surface area contributed by atoms with Crippen LogP contribution in [0.3, 0.4) is 0 Å². The molecule has 1 amide bonds. The summed E-state index contributed by atoms with van der Waals surface area (Å²) in [6.45, 7) is 3.62. The summed E-state index contributed by atoms with van der Waals surface area (Å²) in [5.41, 5.74) is 0. The Balaban J connectivity index is 3.46. The van der Waals surface area contributed by atoms with E-state index >= 15 is 0 Å². The molecule has 0 radical (unpaired) electrons. The third-order valence-electron chi connectivity index (χ3n) is 2.25. The smallest absolute Gasteiger partial charge is 0.248 e. The molecule has 0 aliphatic rings. The van der Waals surface area contributed by atoms with Crippen LogP contribution in [0.25, 0.3) is 0 Å². The van der Waals surface area contributed by atoms with E-state index < -0.39 is 0 Å². The van der Waals surface area contributed by atoms with Gasteiger partial charge < -0.3 is 14.4 Å². The van der Waals surface area contributed by atoms with E-state index in [9.17, 15) is 9.59 Å². The van der Waals surface area contributed by atoms with Crippen molar-refractivity contribution in [3.05, 3.63) is 0 Å². The second-order valence-electron chi connectivity index (χ2n) is 3.93. The fraction of sp³-hybridized carbons (Fsp3) is 0.833. The van der Waals surface area contributed by atoms with Crippen LogP contribution in [-0.4, -0.2) is 68.6 Å². The maximum absolute atomic E-state index is 11.6. The van der Waals surface area contributed by atoms with E-state index in [1.165, 1.54) is 6.92 Å². The van der Waals surface area contributed by atoms with E-state index in [1.54, 1.807) is 23.7 Å². The summed E-state index contributed by atoms with van der Waals surface area (Å²) in [6.07, 6.45) is 2.42. The first kappa shape index (κ1) is 17.4. The number of Topliss-reactive ketones (excluding diaryl/α,β-unsaturated/α-hetero) is 1. The lowest BCUT2D eigenvalue weighted by Crippen LogP contribution is -2.33. The van der Waals surface area contributed by atoms with E-state index in [1.807, 2.05) is 6.26 Å². The Morgan fingerprint density at radius 2 is 1.89 bits per heavy atom. The second-order valence-corrected chi connectivity index (χ2v) is 4.91. The first-order chi connectivity index (χ1) is 8.57. The average Bonchev–Trinajstić information content (AvgIpc) is 2.33. The highest BCUT2D eigenvalue weighted by Crippen LogP contribution is 1.93. The van der Waals surface area contributed by atoms with E-state index in [-0.39, 0.29) is 18.3 Å². The highest BCUT2D eigenvalue weighted by molar-refractivity contribution is 7.98. The van der Waals surface area contributed by atoms with Gasteiger partial charge in [0.25, 0.3) is 0 Å². The molecule has 0 atom stereocenters. The molecule has 0 aromatic carbocycles. The van der Waals surface area contributed by atoms with Crippen molar-refractivity contribution < 1.29 is 19.1 Å². The van der Waals surface area contributed by atoms with E-state index in [4.69, 9.17) is 9.47 Å². The number of amides is 1. The Hall–Kier alpha value is -0.590. The van der Waals surface area contributed by atoms with Crippen molar-refractivity contribution in [1.29, 1.82) is 0 Å². The van der Waals surface area contributed by atoms with Crippen LogP contribution in [-0.2, 0) is 19.1 Å². The van der Waals surface area contributed by atoms with Crippen molar-refractivity contribution in [3.63, 3.8) is 0 Å². The van der Waals surface area contributed by atoms with Gasteiger partial charge in [-0.15, -0.1) is 0 Å². The van der Waals surface area contributed by atoms with Gasteiger partial charge in [0.15, 0.2) is 0 Å². The molecule has 0 aliphatic heterocycles. The molecule has 0 saturated heterocycles. The Morgan fingerprint density at radius 3 is 2.50 bits per heavy atom. The number of carbonyl (C=O) groups is 2. The molecular weight excluding hydrogens is 254 g/mol. The quantitative estimate of drug-likeness (QED) is 0.523. The molecule has 5 nitrogen and oxygen atoms in total. The SMILES string of the molecule is CSCCOCC(=O)N(C)CCOCCC(C)=O. The Labute approximate surface area is 113 Å². The Bertz CT molecular complexity index is 248. The monoisotopic (exact) mass is 277 g/mol. The standard InChI is InChI=1S/C12H23NO4S/c1-11(14)4-6-16-7-5-13(2)12(15)10-17-8-9-18-3/h4-10H2,1-3H3. The molecule has 0 rings (SSSR count). The molecule has 0 spiro atoms. The number of ketones is 1. The van der Waals surface area contributed by atoms with E-state index in [0.29, 0.717) is 32.8 Å². The summed E-state index contributed by atoms with van der Waals surface area (Å²) in [5.74, 6) is 0.957. The molecule has 6 heteroatoms. The molecule has 106 valence electrons. The van der Waals surface area contributed by atoms with Gasteiger partial charge in [0, 0.05) is 25.8 Å². The minimum absolute atomic E-state index is 0.0497. The number of likely N-dealkylation sites (N-methyl/N-ethyl adjacent to an activating group) is 1. The predicted molar refractivity (Wildman–Crippen MR) is 73.0 cm³/mol. The van der Waals surface area contributed by atoms with Gasteiger partial charge in [0.05, 0.1) is 19.8 Å². The predicted octanol–water partition coefficient (Wildman–Crippen LogP) is 0.820. The van der Waals surface area contributed by atoms with Gasteiger partial charge >= 0.3 is 0 Å². The van der Waals surface area contributed by atoms with Crippen molar-refractivity contribution in [2.45, 2.75) is 13.3 Å². The molecule has 0 bridgehead atoms. The van der Waals surface area contributed by atoms with Gasteiger partial charge in [-0.3, -0.25) is 9.59 Å². The minimum atomic E-state index is -0.0497. The molecule has 0 fully saturated rings. The summed E-state index contributed by atoms with van der Waals surface area (Å²) in [4.78, 5) is 23.8. The first-order valence-electron chi connectivity index (χ1n) is 5.95. The second kappa shape index (κ2) is 11.5. The number of hydrogen-bond acceptors (Lipinski definition) is 5. The fourth-order valence-electron chi connectivity index (χ4n) is 1.06. The van der Waals surface area contributed by atoms with Gasteiger partial charge in [0.2, 0.25) is 5.91 Å². The molecule has 0 unspecified atom stereocenters. The van der Waals surface area contributed by atoms with Gasteiger partial charge in [-0.1, -0.05) is 0 Å². The molecule has 0 aliphatic carbocycles. The maximum Gasteiger partial charge on any atom is 0.248 e. The van der Waals surface area contributed by atoms with Crippen LogP contribution >= 0.6 is 11.8 Å². The summed E-state index contributed by atoms with van der Waals surface area (Å²) < 4.78 is 10.5. The van der Waals surface area contributed by atoms with Crippen LogP contribution in [0, 0.1) is 0 Å². The summed E-state index contributed by atoms with van der Waals surface area (Å²) in [7, 11) is 1.72. The lowest BCUT2D eigenvalue weighted by molar-refractivity contribution is -0.135. The number of nitrogens with zero attached hydrogens (tertiary/aromatic N) is 1. The zero-order valence-electron chi connectivity index (χ0n) is 11.4. The van der Waals surface area contributed by atoms with Crippen molar-refractivity contribution in [2.75, 3.05) is 52.0 Å². The summed E-state index contributed by atoms with van der Waals surface area (Å²) >= 11 is 1.69. The Morgan fingerprint density at radius 1 is 1.17 bits per heavy atom. The summed E-state index contributed by atoms with van der Waals surface area (Å²) in [5, 5.41) is 0. The van der Waals surface area contributed by atoms with Crippen molar-refractivity contribution in [2.24, 2.45) is 0 Å². The van der Waals surface area contributed by atoms with Gasteiger partial charge in [-0.25, -0.2) is 0 Å². The summed E-state index contributed by atoms with van der Waals surface area (Å²) in [6, 6.07) is 0. The largest absolute Gasteiger partial charge is 0.379 e. The van der Waals surface area contributed by atoms with Gasteiger partial charge in [0.1, 0.15) is 12.4 Å². The molecular formula is C12H23NO4S. The van der Waals surface area contributed by atoms with Crippen molar-refractivity contribution in [1.82, 2.24) is 4.90 Å². The van der Waals surface area contributed by atoms with E-state index in [2.05, 4.69) is 0 Å². The molecule has 0 heterocycles. The number of thioether (sulfide) groups is 1. The molecule has 0 aromatic heterocycles. The van der Waals surface area contributed by atoms with Crippen molar-refractivity contribution in [3.8, 4) is 0 Å². The zero-order chi connectivity index (χ0) is 13.8. The highest BCUT2D eigenvalue weighted by Gasteiger charge is 2.08. The van der Waals surface area contributed by atoms with Crippen LogP contribution in [0.2, 0.25) is 0 Å². The average molecular weight is 277 g/mol. The van der Waals surface area contributed by atoms with E-state index in [0.717, 1.165) is 5.75 Å². The number of rotatable bonds is 11. The van der Waals surface area contributed by atoms with Crippen LogP contribution in [0.15, 0.2) is 0 Å². The molecule has 0 aromatic rings. The van der Waals surface area contributed by atoms with Crippen LogP contribution in [0.4, 0.5) is 0 Å². The first-order valence-corrected chi connectivity index (χ1v) is 7.35. The Kier molecular flexibility index (Phi) is 11.1. The fourth-order valence-corrected chi connectivity index (χ4v) is 1.34. The number of carbonyl (C=O) groups excluding carboxylic acids is 2. The molecule has 0 N–H and O–H groups in total. The van der Waals surface area contributed by atoms with Crippen LogP contribution in [0.5, 0.6) is 0 Å².